The normalized spacial score (nSPS) is 10.2. The number of esters is 1. The molecule has 0 heterocycles. The molecule has 20 heavy (non-hydrogen) atoms. The molecule has 0 saturated heterocycles. The minimum absolute atomic E-state index is 0.0633. The van der Waals surface area contributed by atoms with E-state index in [2.05, 4.69) is 4.74 Å². The van der Waals surface area contributed by atoms with Gasteiger partial charge in [0.25, 0.3) is 5.69 Å². The Morgan fingerprint density at radius 2 is 2.20 bits per heavy atom. The molecule has 1 N–H and O–H groups in total. The van der Waals surface area contributed by atoms with Crippen LogP contribution < -0.4 is 4.90 Å². The Kier molecular flexibility index (Phi) is 5.39. The van der Waals surface area contributed by atoms with E-state index in [1.807, 2.05) is 0 Å². The van der Waals surface area contributed by atoms with Crippen LogP contribution in [0, 0.1) is 15.9 Å². The number of halogens is 1. The number of rotatable bonds is 6. The van der Waals surface area contributed by atoms with Crippen molar-refractivity contribution in [1.82, 2.24) is 0 Å². The van der Waals surface area contributed by atoms with Gasteiger partial charge in [-0.1, -0.05) is 0 Å². The number of nitro groups is 1. The number of hydrogen-bond acceptors (Lipinski definition) is 6. The molecule has 0 aliphatic carbocycles. The molecule has 0 aliphatic heterocycles. The maximum Gasteiger partial charge on any atom is 0.340 e. The molecule has 0 aromatic heterocycles. The summed E-state index contributed by atoms with van der Waals surface area (Å²) < 4.78 is 18.1. The van der Waals surface area contributed by atoms with Crippen molar-refractivity contribution in [2.75, 3.05) is 31.7 Å². The molecule has 0 atom stereocenters. The number of aliphatic hydroxyl groups excluding tert-OH is 1. The summed E-state index contributed by atoms with van der Waals surface area (Å²) in [5.74, 6) is -1.94. The lowest BCUT2D eigenvalue weighted by atomic mass is 10.1. The number of carbonyl (C=O) groups excluding carboxylic acids is 1. The fourth-order valence-electron chi connectivity index (χ4n) is 1.79. The highest BCUT2D eigenvalue weighted by atomic mass is 19.1. The van der Waals surface area contributed by atoms with Crippen LogP contribution in [-0.4, -0.2) is 42.8 Å². The fraction of sp³-hybridized carbons (Fsp3) is 0.417. The van der Waals surface area contributed by atoms with Crippen molar-refractivity contribution >= 4 is 17.3 Å². The number of carbonyl (C=O) groups is 1. The molecular weight excluding hydrogens is 271 g/mol. The average Bonchev–Trinajstić information content (AvgIpc) is 2.43. The quantitative estimate of drug-likeness (QED) is 0.482. The van der Waals surface area contributed by atoms with Crippen LogP contribution in [-0.2, 0) is 4.74 Å². The van der Waals surface area contributed by atoms with Crippen molar-refractivity contribution in [2.45, 2.75) is 6.92 Å². The first-order valence-electron chi connectivity index (χ1n) is 5.88. The number of nitro benzene ring substituents is 1. The first-order chi connectivity index (χ1) is 9.46. The summed E-state index contributed by atoms with van der Waals surface area (Å²) in [5.41, 5.74) is -0.789. The summed E-state index contributed by atoms with van der Waals surface area (Å²) in [5, 5.41) is 19.9. The van der Waals surface area contributed by atoms with Gasteiger partial charge in [0.2, 0.25) is 0 Å². The first kappa shape index (κ1) is 15.8. The molecule has 8 heteroatoms. The lowest BCUT2D eigenvalue weighted by Crippen LogP contribution is -2.27. The minimum atomic E-state index is -1.02. The topological polar surface area (TPSA) is 92.9 Å². The number of likely N-dealkylation sites (N-methyl/N-ethyl adjacent to an activating group) is 1. The number of ether oxygens (including phenoxy) is 1. The molecule has 0 spiro atoms. The molecule has 0 amide bonds. The van der Waals surface area contributed by atoms with Crippen LogP contribution in [0.5, 0.6) is 0 Å². The molecule has 1 rings (SSSR count). The van der Waals surface area contributed by atoms with Gasteiger partial charge >= 0.3 is 5.97 Å². The third-order valence-electron chi connectivity index (χ3n) is 2.76. The molecule has 0 fully saturated rings. The summed E-state index contributed by atoms with van der Waals surface area (Å²) in [7, 11) is 1.09. The second-order valence-electron chi connectivity index (χ2n) is 3.87. The van der Waals surface area contributed by atoms with E-state index in [0.717, 1.165) is 13.2 Å². The highest BCUT2D eigenvalue weighted by molar-refractivity contribution is 5.92. The van der Waals surface area contributed by atoms with Crippen molar-refractivity contribution < 1.29 is 24.0 Å². The molecule has 0 bridgehead atoms. The number of aliphatic hydroxyl groups is 1. The summed E-state index contributed by atoms with van der Waals surface area (Å²) in [6.45, 7) is 1.98. The lowest BCUT2D eigenvalue weighted by Gasteiger charge is -2.22. The van der Waals surface area contributed by atoms with Gasteiger partial charge in [-0.2, -0.15) is 0 Å². The summed E-state index contributed by atoms with van der Waals surface area (Å²) in [6, 6.07) is 1.75. The zero-order chi connectivity index (χ0) is 15.3. The van der Waals surface area contributed by atoms with Gasteiger partial charge in [-0.25, -0.2) is 9.18 Å². The summed E-state index contributed by atoms with van der Waals surface area (Å²) >= 11 is 0. The summed E-state index contributed by atoms with van der Waals surface area (Å²) in [4.78, 5) is 23.2. The predicted molar refractivity (Wildman–Crippen MR) is 69.4 cm³/mol. The van der Waals surface area contributed by atoms with Gasteiger partial charge in [-0.15, -0.1) is 0 Å². The zero-order valence-electron chi connectivity index (χ0n) is 11.1. The van der Waals surface area contributed by atoms with Gasteiger partial charge in [0.15, 0.2) is 0 Å². The molecule has 0 saturated carbocycles. The van der Waals surface area contributed by atoms with Crippen molar-refractivity contribution in [3.05, 3.63) is 33.6 Å². The molecule has 110 valence electrons. The standard InChI is InChI=1S/C12H15FN2O5/c1-3-14(4-5-16)10-6-8(12(17)20-2)9(13)7-11(10)15(18)19/h6-7,16H,3-5H2,1-2H3. The Hall–Kier alpha value is -2.22. The Labute approximate surface area is 114 Å². The van der Waals surface area contributed by atoms with Gasteiger partial charge in [-0.05, 0) is 13.0 Å². The van der Waals surface area contributed by atoms with E-state index in [1.54, 1.807) is 6.92 Å². The number of hydrogen-bond donors (Lipinski definition) is 1. The molecular formula is C12H15FN2O5. The smallest absolute Gasteiger partial charge is 0.340 e. The fourth-order valence-corrected chi connectivity index (χ4v) is 1.79. The Balaban J connectivity index is 3.44. The number of methoxy groups -OCH3 is 1. The van der Waals surface area contributed by atoms with Crippen LogP contribution in [0.15, 0.2) is 12.1 Å². The van der Waals surface area contributed by atoms with Crippen molar-refractivity contribution in [1.29, 1.82) is 0 Å². The van der Waals surface area contributed by atoms with Gasteiger partial charge in [0, 0.05) is 13.1 Å². The van der Waals surface area contributed by atoms with Crippen LogP contribution in [0.3, 0.4) is 0 Å². The zero-order valence-corrected chi connectivity index (χ0v) is 11.1. The van der Waals surface area contributed by atoms with E-state index in [1.165, 1.54) is 4.90 Å². The van der Waals surface area contributed by atoms with E-state index < -0.39 is 22.4 Å². The van der Waals surface area contributed by atoms with E-state index in [4.69, 9.17) is 5.11 Å². The maximum absolute atomic E-state index is 13.7. The average molecular weight is 286 g/mol. The van der Waals surface area contributed by atoms with Crippen LogP contribution in [0.2, 0.25) is 0 Å². The molecule has 1 aromatic carbocycles. The van der Waals surface area contributed by atoms with E-state index in [0.29, 0.717) is 12.6 Å². The minimum Gasteiger partial charge on any atom is -0.465 e. The number of anilines is 1. The second-order valence-corrected chi connectivity index (χ2v) is 3.87. The lowest BCUT2D eigenvalue weighted by molar-refractivity contribution is -0.384. The van der Waals surface area contributed by atoms with Crippen molar-refractivity contribution in [2.24, 2.45) is 0 Å². The second kappa shape index (κ2) is 6.80. The van der Waals surface area contributed by atoms with E-state index in [9.17, 15) is 19.3 Å². The molecule has 0 radical (unpaired) electrons. The number of nitrogens with zero attached hydrogens (tertiary/aromatic N) is 2. The molecule has 1 aromatic rings. The van der Waals surface area contributed by atoms with Crippen LogP contribution >= 0.6 is 0 Å². The van der Waals surface area contributed by atoms with Gasteiger partial charge in [-0.3, -0.25) is 10.1 Å². The van der Waals surface area contributed by atoms with Crippen molar-refractivity contribution in [3.8, 4) is 0 Å². The van der Waals surface area contributed by atoms with Crippen molar-refractivity contribution in [3.63, 3.8) is 0 Å². The Morgan fingerprint density at radius 3 is 2.65 bits per heavy atom. The SMILES string of the molecule is CCN(CCO)c1cc(C(=O)OC)c(F)cc1[N+](=O)[O-]. The van der Waals surface area contributed by atoms with E-state index in [-0.39, 0.29) is 24.4 Å². The van der Waals surface area contributed by atoms with Gasteiger partial charge in [0.05, 0.1) is 30.3 Å². The van der Waals surface area contributed by atoms with Crippen LogP contribution in [0.4, 0.5) is 15.8 Å². The van der Waals surface area contributed by atoms with Gasteiger partial charge < -0.3 is 14.7 Å². The highest BCUT2D eigenvalue weighted by Crippen LogP contribution is 2.31. The summed E-state index contributed by atoms with van der Waals surface area (Å²) in [6.07, 6.45) is 0. The predicted octanol–water partition coefficient (Wildman–Crippen LogP) is 1.34. The third-order valence-corrected chi connectivity index (χ3v) is 2.76. The first-order valence-corrected chi connectivity index (χ1v) is 5.88. The molecule has 0 unspecified atom stereocenters. The van der Waals surface area contributed by atoms with Crippen LogP contribution in [0.1, 0.15) is 17.3 Å². The Morgan fingerprint density at radius 1 is 1.55 bits per heavy atom. The highest BCUT2D eigenvalue weighted by Gasteiger charge is 2.25. The molecule has 7 nitrogen and oxygen atoms in total. The largest absolute Gasteiger partial charge is 0.465 e. The van der Waals surface area contributed by atoms with Gasteiger partial charge in [0.1, 0.15) is 11.5 Å². The Bertz CT molecular complexity index is 521. The third kappa shape index (κ3) is 3.21. The monoisotopic (exact) mass is 286 g/mol. The van der Waals surface area contributed by atoms with E-state index >= 15 is 0 Å². The van der Waals surface area contributed by atoms with Crippen LogP contribution in [0.25, 0.3) is 0 Å². The maximum atomic E-state index is 13.7. The number of benzene rings is 1. The molecule has 0 aliphatic rings.